The molecule has 0 unspecified atom stereocenters. The second kappa shape index (κ2) is 4.63. The Kier molecular flexibility index (Phi) is 3.19. The zero-order valence-corrected chi connectivity index (χ0v) is 10.4. The molecule has 0 aliphatic heterocycles. The standard InChI is InChI=1S/C11H13ClN4O/c1-7-10(12)11(13)16(15-7)6-8-3-4-9(17-2)14-5-8/h3-5H,6,13H2,1-2H3. The molecule has 0 aliphatic rings. The van der Waals surface area contributed by atoms with Crippen molar-refractivity contribution in [2.75, 3.05) is 12.8 Å². The van der Waals surface area contributed by atoms with Gasteiger partial charge in [-0.05, 0) is 12.5 Å². The number of hydrogen-bond acceptors (Lipinski definition) is 4. The number of rotatable bonds is 3. The summed E-state index contributed by atoms with van der Waals surface area (Å²) in [5.74, 6) is 1.05. The van der Waals surface area contributed by atoms with Crippen LogP contribution in [-0.2, 0) is 6.54 Å². The summed E-state index contributed by atoms with van der Waals surface area (Å²) in [6.07, 6.45) is 1.73. The Labute approximate surface area is 104 Å². The lowest BCUT2D eigenvalue weighted by molar-refractivity contribution is 0.397. The van der Waals surface area contributed by atoms with E-state index in [1.54, 1.807) is 24.1 Å². The summed E-state index contributed by atoms with van der Waals surface area (Å²) in [4.78, 5) is 4.12. The van der Waals surface area contributed by atoms with Crippen LogP contribution in [0.15, 0.2) is 18.3 Å². The average molecular weight is 253 g/mol. The fourth-order valence-corrected chi connectivity index (χ4v) is 1.63. The van der Waals surface area contributed by atoms with E-state index in [-0.39, 0.29) is 0 Å². The van der Waals surface area contributed by atoms with Gasteiger partial charge < -0.3 is 10.5 Å². The molecule has 0 spiro atoms. The van der Waals surface area contributed by atoms with E-state index >= 15 is 0 Å². The highest BCUT2D eigenvalue weighted by atomic mass is 35.5. The molecule has 0 aromatic carbocycles. The highest BCUT2D eigenvalue weighted by Gasteiger charge is 2.10. The minimum absolute atomic E-state index is 0.472. The maximum Gasteiger partial charge on any atom is 0.212 e. The third-order valence-electron chi connectivity index (χ3n) is 2.43. The van der Waals surface area contributed by atoms with Crippen LogP contribution in [-0.4, -0.2) is 21.9 Å². The van der Waals surface area contributed by atoms with Crippen molar-refractivity contribution in [2.24, 2.45) is 0 Å². The topological polar surface area (TPSA) is 66.0 Å². The van der Waals surface area contributed by atoms with Crippen LogP contribution in [0.5, 0.6) is 5.88 Å². The number of halogens is 1. The van der Waals surface area contributed by atoms with E-state index < -0.39 is 0 Å². The maximum absolute atomic E-state index is 5.97. The smallest absolute Gasteiger partial charge is 0.212 e. The Balaban J connectivity index is 2.22. The fourth-order valence-electron chi connectivity index (χ4n) is 1.50. The Morgan fingerprint density at radius 1 is 1.47 bits per heavy atom. The van der Waals surface area contributed by atoms with Gasteiger partial charge in [-0.3, -0.25) is 0 Å². The lowest BCUT2D eigenvalue weighted by Gasteiger charge is -2.04. The summed E-state index contributed by atoms with van der Waals surface area (Å²) in [5.41, 5.74) is 7.54. The molecule has 0 saturated heterocycles. The van der Waals surface area contributed by atoms with Crippen molar-refractivity contribution in [1.29, 1.82) is 0 Å². The lowest BCUT2D eigenvalue weighted by Crippen LogP contribution is -2.06. The van der Waals surface area contributed by atoms with E-state index in [1.165, 1.54) is 0 Å². The van der Waals surface area contributed by atoms with Crippen molar-refractivity contribution in [2.45, 2.75) is 13.5 Å². The van der Waals surface area contributed by atoms with Crippen molar-refractivity contribution in [1.82, 2.24) is 14.8 Å². The number of aryl methyl sites for hydroxylation is 1. The highest BCUT2D eigenvalue weighted by Crippen LogP contribution is 2.22. The SMILES string of the molecule is COc1ccc(Cn2nc(C)c(Cl)c2N)cn1. The van der Waals surface area contributed by atoms with Crippen molar-refractivity contribution >= 4 is 17.4 Å². The molecule has 0 saturated carbocycles. The van der Waals surface area contributed by atoms with Crippen LogP contribution in [0.4, 0.5) is 5.82 Å². The molecule has 0 radical (unpaired) electrons. The Bertz CT molecular complexity index is 521. The quantitative estimate of drug-likeness (QED) is 0.906. The molecule has 17 heavy (non-hydrogen) atoms. The summed E-state index contributed by atoms with van der Waals surface area (Å²) in [7, 11) is 1.58. The second-order valence-electron chi connectivity index (χ2n) is 3.65. The van der Waals surface area contributed by atoms with Gasteiger partial charge in [0.25, 0.3) is 0 Å². The zero-order chi connectivity index (χ0) is 12.4. The molecule has 2 aromatic heterocycles. The van der Waals surface area contributed by atoms with E-state index in [4.69, 9.17) is 22.1 Å². The average Bonchev–Trinajstić information content (AvgIpc) is 2.58. The molecule has 5 nitrogen and oxygen atoms in total. The van der Waals surface area contributed by atoms with E-state index in [0.29, 0.717) is 23.3 Å². The molecule has 2 rings (SSSR count). The van der Waals surface area contributed by atoms with E-state index in [9.17, 15) is 0 Å². The third-order valence-corrected chi connectivity index (χ3v) is 2.90. The molecular formula is C11H13ClN4O. The zero-order valence-electron chi connectivity index (χ0n) is 9.64. The van der Waals surface area contributed by atoms with Crippen molar-refractivity contribution in [3.63, 3.8) is 0 Å². The Hall–Kier alpha value is -1.75. The van der Waals surface area contributed by atoms with Crippen LogP contribution in [0.3, 0.4) is 0 Å². The number of pyridine rings is 1. The van der Waals surface area contributed by atoms with Crippen molar-refractivity contribution in [3.8, 4) is 5.88 Å². The maximum atomic E-state index is 5.97. The van der Waals surface area contributed by atoms with Gasteiger partial charge in [0.05, 0.1) is 19.3 Å². The normalized spacial score (nSPS) is 10.5. The van der Waals surface area contributed by atoms with Crippen LogP contribution in [0.1, 0.15) is 11.3 Å². The van der Waals surface area contributed by atoms with Gasteiger partial charge >= 0.3 is 0 Å². The number of nitrogens with two attached hydrogens (primary N) is 1. The van der Waals surface area contributed by atoms with Crippen LogP contribution in [0.25, 0.3) is 0 Å². The molecule has 2 aromatic rings. The first-order chi connectivity index (χ1) is 8.11. The number of anilines is 1. The van der Waals surface area contributed by atoms with Gasteiger partial charge in [-0.25, -0.2) is 9.67 Å². The van der Waals surface area contributed by atoms with Crippen LogP contribution in [0, 0.1) is 6.92 Å². The van der Waals surface area contributed by atoms with Crippen molar-refractivity contribution in [3.05, 3.63) is 34.6 Å². The van der Waals surface area contributed by atoms with Gasteiger partial charge in [0, 0.05) is 12.3 Å². The number of methoxy groups -OCH3 is 1. The van der Waals surface area contributed by atoms with Crippen LogP contribution < -0.4 is 10.5 Å². The van der Waals surface area contributed by atoms with Crippen LogP contribution >= 0.6 is 11.6 Å². The highest BCUT2D eigenvalue weighted by molar-refractivity contribution is 6.33. The molecule has 2 heterocycles. The fraction of sp³-hybridized carbons (Fsp3) is 0.273. The first-order valence-electron chi connectivity index (χ1n) is 5.09. The second-order valence-corrected chi connectivity index (χ2v) is 4.03. The van der Waals surface area contributed by atoms with Crippen molar-refractivity contribution < 1.29 is 4.74 Å². The molecule has 0 fully saturated rings. The molecule has 0 amide bonds. The Morgan fingerprint density at radius 3 is 2.71 bits per heavy atom. The summed E-state index contributed by atoms with van der Waals surface area (Å²) in [5, 5.41) is 4.75. The molecule has 0 bridgehead atoms. The van der Waals surface area contributed by atoms with Gasteiger partial charge in [-0.15, -0.1) is 0 Å². The monoisotopic (exact) mass is 252 g/mol. The van der Waals surface area contributed by atoms with Crippen LogP contribution in [0.2, 0.25) is 5.02 Å². The van der Waals surface area contributed by atoms with E-state index in [0.717, 1.165) is 11.3 Å². The summed E-state index contributed by atoms with van der Waals surface area (Å²) in [6, 6.07) is 3.71. The van der Waals surface area contributed by atoms with Gasteiger partial charge in [0.15, 0.2) is 0 Å². The largest absolute Gasteiger partial charge is 0.481 e. The molecular weight excluding hydrogens is 240 g/mol. The summed E-state index contributed by atoms with van der Waals surface area (Å²) < 4.78 is 6.64. The predicted molar refractivity (Wildman–Crippen MR) is 66.3 cm³/mol. The molecule has 0 aliphatic carbocycles. The lowest BCUT2D eigenvalue weighted by atomic mass is 10.3. The number of ether oxygens (including phenoxy) is 1. The number of nitrogen functional groups attached to an aromatic ring is 1. The molecule has 2 N–H and O–H groups in total. The third kappa shape index (κ3) is 2.34. The van der Waals surface area contributed by atoms with E-state index in [2.05, 4.69) is 10.1 Å². The first-order valence-corrected chi connectivity index (χ1v) is 5.47. The number of nitrogens with zero attached hydrogens (tertiary/aromatic N) is 3. The minimum atomic E-state index is 0.472. The van der Waals surface area contributed by atoms with Gasteiger partial charge in [-0.1, -0.05) is 17.7 Å². The van der Waals surface area contributed by atoms with Gasteiger partial charge in [0.1, 0.15) is 10.8 Å². The van der Waals surface area contributed by atoms with Gasteiger partial charge in [-0.2, -0.15) is 5.10 Å². The number of hydrogen-bond donors (Lipinski definition) is 1. The number of aromatic nitrogens is 3. The Morgan fingerprint density at radius 2 is 2.24 bits per heavy atom. The van der Waals surface area contributed by atoms with E-state index in [1.807, 2.05) is 13.0 Å². The molecule has 0 atom stereocenters. The molecule has 90 valence electrons. The summed E-state index contributed by atoms with van der Waals surface area (Å²) in [6.45, 7) is 2.36. The summed E-state index contributed by atoms with van der Waals surface area (Å²) >= 11 is 5.97. The van der Waals surface area contributed by atoms with Gasteiger partial charge in [0.2, 0.25) is 5.88 Å². The first kappa shape index (κ1) is 11.7. The predicted octanol–water partition coefficient (Wildman–Crippen LogP) is 1.88. The minimum Gasteiger partial charge on any atom is -0.481 e. The molecule has 6 heteroatoms.